The highest BCUT2D eigenvalue weighted by atomic mass is 16.5. The van der Waals surface area contributed by atoms with Crippen LogP contribution in [0.4, 0.5) is 0 Å². The average molecular weight is 395 g/mol. The summed E-state index contributed by atoms with van der Waals surface area (Å²) in [4.78, 5) is 4.62. The van der Waals surface area contributed by atoms with Gasteiger partial charge in [0.05, 0.1) is 19.3 Å². The van der Waals surface area contributed by atoms with Gasteiger partial charge >= 0.3 is 0 Å². The minimum Gasteiger partial charge on any atom is -0.490 e. The second-order valence-electron chi connectivity index (χ2n) is 7.92. The Morgan fingerprint density at radius 1 is 0.966 bits per heavy atom. The molecule has 0 bridgehead atoms. The summed E-state index contributed by atoms with van der Waals surface area (Å²) < 4.78 is 11.3. The fourth-order valence-electron chi connectivity index (χ4n) is 3.08. The number of aromatic nitrogens is 3. The third-order valence-electron chi connectivity index (χ3n) is 4.73. The van der Waals surface area contributed by atoms with E-state index in [0.717, 1.165) is 11.1 Å². The predicted octanol–water partition coefficient (Wildman–Crippen LogP) is 4.61. The monoisotopic (exact) mass is 394 g/mol. The number of nitrogens with one attached hydrogen (secondary N) is 1. The van der Waals surface area contributed by atoms with Crippen LogP contribution in [-0.2, 0) is 5.41 Å². The first kappa shape index (κ1) is 20.9. The van der Waals surface area contributed by atoms with E-state index in [2.05, 4.69) is 48.1 Å². The molecule has 3 rings (SSSR count). The van der Waals surface area contributed by atoms with Gasteiger partial charge in [-0.3, -0.25) is 5.10 Å². The van der Waals surface area contributed by atoms with Gasteiger partial charge in [0.1, 0.15) is 5.82 Å². The number of aromatic amines is 1. The van der Waals surface area contributed by atoms with Crippen LogP contribution >= 0.6 is 0 Å². The maximum Gasteiger partial charge on any atom is 0.181 e. The molecule has 0 saturated carbocycles. The number of H-pyrrole nitrogens is 1. The summed E-state index contributed by atoms with van der Waals surface area (Å²) in [6.45, 7) is 11.6. The molecule has 29 heavy (non-hydrogen) atoms. The van der Waals surface area contributed by atoms with Crippen molar-refractivity contribution in [2.45, 2.75) is 46.1 Å². The third kappa shape index (κ3) is 4.77. The Hall–Kier alpha value is -2.86. The number of benzene rings is 2. The highest BCUT2D eigenvalue weighted by Gasteiger charge is 2.18. The molecule has 3 aromatic rings. The normalized spacial score (nSPS) is 12.6. The van der Waals surface area contributed by atoms with Gasteiger partial charge in [-0.15, -0.1) is 0 Å². The maximum absolute atomic E-state index is 6.45. The van der Waals surface area contributed by atoms with Gasteiger partial charge in [0.15, 0.2) is 17.3 Å². The van der Waals surface area contributed by atoms with Gasteiger partial charge in [0.2, 0.25) is 0 Å². The summed E-state index contributed by atoms with van der Waals surface area (Å²) in [7, 11) is 0. The van der Waals surface area contributed by atoms with E-state index in [4.69, 9.17) is 15.2 Å². The second kappa shape index (κ2) is 8.66. The minimum absolute atomic E-state index is 0.108. The van der Waals surface area contributed by atoms with Crippen LogP contribution in [0.15, 0.2) is 42.5 Å². The molecule has 0 aliphatic heterocycles. The van der Waals surface area contributed by atoms with Crippen LogP contribution in [0.3, 0.4) is 0 Å². The van der Waals surface area contributed by atoms with Crippen LogP contribution in [0.1, 0.15) is 57.6 Å². The molecule has 1 heterocycles. The minimum atomic E-state index is -0.444. The Bertz CT molecular complexity index is 942. The predicted molar refractivity (Wildman–Crippen MR) is 115 cm³/mol. The van der Waals surface area contributed by atoms with Crippen molar-refractivity contribution in [2.75, 3.05) is 13.2 Å². The first-order valence-corrected chi connectivity index (χ1v) is 10.0. The highest BCUT2D eigenvalue weighted by Crippen LogP contribution is 2.32. The summed E-state index contributed by atoms with van der Waals surface area (Å²) in [6, 6.07) is 13.6. The fraction of sp³-hybridized carbons (Fsp3) is 0.391. The standard InChI is InChI=1S/C23H30N4O2/c1-6-28-18-13-10-16(14-19(18)29-7-2)20(24)22-25-21(26-27-22)15-8-11-17(12-9-15)23(3,4)5/h8-14,20H,6-7,24H2,1-5H3,(H,25,26,27)/t20-/m0/s1. The molecule has 2 aromatic carbocycles. The zero-order valence-corrected chi connectivity index (χ0v) is 17.8. The molecule has 0 aliphatic rings. The van der Waals surface area contributed by atoms with Crippen molar-refractivity contribution in [1.82, 2.24) is 15.2 Å². The Balaban J connectivity index is 1.83. The zero-order valence-electron chi connectivity index (χ0n) is 17.8. The van der Waals surface area contributed by atoms with Crippen molar-refractivity contribution in [1.29, 1.82) is 0 Å². The lowest BCUT2D eigenvalue weighted by atomic mass is 9.87. The van der Waals surface area contributed by atoms with E-state index < -0.39 is 6.04 Å². The van der Waals surface area contributed by atoms with Gasteiger partial charge in [-0.1, -0.05) is 51.1 Å². The second-order valence-corrected chi connectivity index (χ2v) is 7.92. The molecule has 6 heteroatoms. The molecule has 0 aliphatic carbocycles. The number of hydrogen-bond donors (Lipinski definition) is 2. The summed E-state index contributed by atoms with van der Waals surface area (Å²) in [5, 5.41) is 7.34. The van der Waals surface area contributed by atoms with Crippen molar-refractivity contribution < 1.29 is 9.47 Å². The lowest BCUT2D eigenvalue weighted by molar-refractivity contribution is 0.287. The topological polar surface area (TPSA) is 86.0 Å². The molecule has 0 amide bonds. The quantitative estimate of drug-likeness (QED) is 0.611. The molecule has 1 atom stereocenters. The van der Waals surface area contributed by atoms with E-state index >= 15 is 0 Å². The molecule has 1 aromatic heterocycles. The Morgan fingerprint density at radius 3 is 2.24 bits per heavy atom. The van der Waals surface area contributed by atoms with Crippen LogP contribution in [-0.4, -0.2) is 28.4 Å². The molecule has 6 nitrogen and oxygen atoms in total. The van der Waals surface area contributed by atoms with Crippen LogP contribution in [0, 0.1) is 0 Å². The van der Waals surface area contributed by atoms with E-state index in [0.29, 0.717) is 36.4 Å². The summed E-state index contributed by atoms with van der Waals surface area (Å²) >= 11 is 0. The van der Waals surface area contributed by atoms with E-state index in [1.807, 2.05) is 44.2 Å². The Morgan fingerprint density at radius 2 is 1.62 bits per heavy atom. The van der Waals surface area contributed by atoms with Gasteiger partial charge in [-0.2, -0.15) is 5.10 Å². The molecule has 0 saturated heterocycles. The van der Waals surface area contributed by atoms with E-state index in [-0.39, 0.29) is 5.41 Å². The average Bonchev–Trinajstić information content (AvgIpc) is 3.19. The van der Waals surface area contributed by atoms with Gasteiger partial charge in [0, 0.05) is 5.56 Å². The largest absolute Gasteiger partial charge is 0.490 e. The molecular weight excluding hydrogens is 364 g/mol. The van der Waals surface area contributed by atoms with Crippen LogP contribution in [0.25, 0.3) is 11.4 Å². The van der Waals surface area contributed by atoms with Crippen molar-refractivity contribution in [3.05, 3.63) is 59.4 Å². The Kier molecular flexibility index (Phi) is 6.23. The number of ether oxygens (including phenoxy) is 2. The number of nitrogens with two attached hydrogens (primary N) is 1. The number of hydrogen-bond acceptors (Lipinski definition) is 5. The van der Waals surface area contributed by atoms with E-state index in [1.165, 1.54) is 5.56 Å². The molecule has 0 radical (unpaired) electrons. The molecule has 0 fully saturated rings. The van der Waals surface area contributed by atoms with Crippen LogP contribution < -0.4 is 15.2 Å². The van der Waals surface area contributed by atoms with Crippen molar-refractivity contribution in [3.63, 3.8) is 0 Å². The lowest BCUT2D eigenvalue weighted by Crippen LogP contribution is -2.14. The molecule has 3 N–H and O–H groups in total. The third-order valence-corrected chi connectivity index (χ3v) is 4.73. The highest BCUT2D eigenvalue weighted by molar-refractivity contribution is 5.55. The van der Waals surface area contributed by atoms with Crippen LogP contribution in [0.5, 0.6) is 11.5 Å². The van der Waals surface area contributed by atoms with Gasteiger partial charge < -0.3 is 15.2 Å². The summed E-state index contributed by atoms with van der Waals surface area (Å²) in [5.41, 5.74) is 9.66. The van der Waals surface area contributed by atoms with Crippen molar-refractivity contribution in [2.24, 2.45) is 5.73 Å². The molecular formula is C23H30N4O2. The fourth-order valence-corrected chi connectivity index (χ4v) is 3.08. The SMILES string of the molecule is CCOc1ccc([C@H](N)c2nc(-c3ccc(C(C)(C)C)cc3)n[nH]2)cc1OCC. The summed E-state index contributed by atoms with van der Waals surface area (Å²) in [6.07, 6.45) is 0. The molecule has 0 unspecified atom stereocenters. The van der Waals surface area contributed by atoms with Crippen LogP contribution in [0.2, 0.25) is 0 Å². The number of rotatable bonds is 7. The smallest absolute Gasteiger partial charge is 0.181 e. The van der Waals surface area contributed by atoms with Crippen molar-refractivity contribution in [3.8, 4) is 22.9 Å². The molecule has 0 spiro atoms. The molecule has 154 valence electrons. The lowest BCUT2D eigenvalue weighted by Gasteiger charge is -2.18. The summed E-state index contributed by atoms with van der Waals surface area (Å²) in [5.74, 6) is 2.63. The van der Waals surface area contributed by atoms with Gasteiger partial charge in [-0.25, -0.2) is 4.98 Å². The zero-order chi connectivity index (χ0) is 21.0. The first-order valence-electron chi connectivity index (χ1n) is 10.0. The first-order chi connectivity index (χ1) is 13.8. The Labute approximate surface area is 172 Å². The van der Waals surface area contributed by atoms with Gasteiger partial charge in [-0.05, 0) is 42.5 Å². The van der Waals surface area contributed by atoms with Crippen molar-refractivity contribution >= 4 is 0 Å². The van der Waals surface area contributed by atoms with E-state index in [1.54, 1.807) is 0 Å². The number of nitrogens with zero attached hydrogens (tertiary/aromatic N) is 2. The van der Waals surface area contributed by atoms with E-state index in [9.17, 15) is 0 Å². The van der Waals surface area contributed by atoms with Gasteiger partial charge in [0.25, 0.3) is 0 Å². The maximum atomic E-state index is 6.45.